The van der Waals surface area contributed by atoms with E-state index in [4.69, 9.17) is 0 Å². The summed E-state index contributed by atoms with van der Waals surface area (Å²) in [6.07, 6.45) is 5.38. The molecule has 0 bridgehead atoms. The molecular weight excluding hydrogens is 292 g/mol. The summed E-state index contributed by atoms with van der Waals surface area (Å²) in [5.74, 6) is 0. The Morgan fingerprint density at radius 2 is 1.91 bits per heavy atom. The molecule has 0 fully saturated rings. The molecule has 0 saturated heterocycles. The molecule has 106 valence electrons. The summed E-state index contributed by atoms with van der Waals surface area (Å²) in [6.45, 7) is 0. The minimum absolute atomic E-state index is 0.857. The predicted molar refractivity (Wildman–Crippen MR) is 90.4 cm³/mol. The molecule has 1 aromatic carbocycles. The van der Waals surface area contributed by atoms with Gasteiger partial charge in [-0.3, -0.25) is 9.97 Å². The van der Waals surface area contributed by atoms with E-state index in [-0.39, 0.29) is 0 Å². The lowest BCUT2D eigenvalue weighted by Gasteiger charge is -2.06. The van der Waals surface area contributed by atoms with Gasteiger partial charge in [0.15, 0.2) is 5.13 Å². The first-order valence-corrected chi connectivity index (χ1v) is 7.75. The van der Waals surface area contributed by atoms with E-state index in [0.717, 1.165) is 33.0 Å². The van der Waals surface area contributed by atoms with Gasteiger partial charge < -0.3 is 5.32 Å². The predicted octanol–water partition coefficient (Wildman–Crippen LogP) is 4.50. The van der Waals surface area contributed by atoms with Crippen LogP contribution in [0.4, 0.5) is 10.8 Å². The normalized spacial score (nSPS) is 10.7. The summed E-state index contributed by atoms with van der Waals surface area (Å²) < 4.78 is 0. The van der Waals surface area contributed by atoms with E-state index in [1.165, 1.54) is 0 Å². The highest BCUT2D eigenvalue weighted by Crippen LogP contribution is 2.29. The molecule has 0 amide bonds. The first-order chi connectivity index (χ1) is 10.9. The van der Waals surface area contributed by atoms with Crippen LogP contribution in [0.3, 0.4) is 0 Å². The summed E-state index contributed by atoms with van der Waals surface area (Å²) in [5.41, 5.74) is 3.93. The molecular formula is C17H12N4S. The standard InChI is InChI=1S/C17H12N4S/c1-6-14-13(5-3-9-19-14)15(7-1)20-17-21-16(11-22-17)12-4-2-8-18-10-12/h1-11H,(H,20,21). The molecule has 0 unspecified atom stereocenters. The number of aromatic nitrogens is 3. The molecule has 5 heteroatoms. The molecule has 0 aliphatic rings. The average Bonchev–Trinajstić information content (AvgIpc) is 3.05. The number of fused-ring (bicyclic) bond motifs is 1. The van der Waals surface area contributed by atoms with Crippen molar-refractivity contribution in [1.82, 2.24) is 15.0 Å². The summed E-state index contributed by atoms with van der Waals surface area (Å²) in [7, 11) is 0. The Morgan fingerprint density at radius 1 is 0.955 bits per heavy atom. The number of rotatable bonds is 3. The van der Waals surface area contributed by atoms with Gasteiger partial charge in [-0.25, -0.2) is 4.98 Å². The zero-order valence-electron chi connectivity index (χ0n) is 11.6. The van der Waals surface area contributed by atoms with E-state index in [0.29, 0.717) is 0 Å². The number of hydrogen-bond donors (Lipinski definition) is 1. The Labute approximate surface area is 131 Å². The van der Waals surface area contributed by atoms with E-state index in [1.807, 2.05) is 48.0 Å². The van der Waals surface area contributed by atoms with Crippen LogP contribution in [-0.2, 0) is 0 Å². The third kappa shape index (κ3) is 2.42. The molecule has 0 spiro atoms. The van der Waals surface area contributed by atoms with Crippen molar-refractivity contribution in [3.8, 4) is 11.3 Å². The van der Waals surface area contributed by atoms with Crippen molar-refractivity contribution in [3.63, 3.8) is 0 Å². The van der Waals surface area contributed by atoms with Crippen molar-refractivity contribution in [3.05, 3.63) is 66.4 Å². The van der Waals surface area contributed by atoms with Crippen molar-refractivity contribution in [2.24, 2.45) is 0 Å². The van der Waals surface area contributed by atoms with Crippen LogP contribution in [0, 0.1) is 0 Å². The summed E-state index contributed by atoms with van der Waals surface area (Å²) in [5, 5.41) is 7.36. The van der Waals surface area contributed by atoms with Gasteiger partial charge in [-0.05, 0) is 36.4 Å². The van der Waals surface area contributed by atoms with Crippen LogP contribution in [-0.4, -0.2) is 15.0 Å². The number of pyridine rings is 2. The first kappa shape index (κ1) is 12.9. The van der Waals surface area contributed by atoms with Gasteiger partial charge in [0, 0.05) is 40.6 Å². The molecule has 4 rings (SSSR count). The number of thiazole rings is 1. The number of nitrogens with zero attached hydrogens (tertiary/aromatic N) is 3. The van der Waals surface area contributed by atoms with E-state index in [2.05, 4.69) is 26.3 Å². The fourth-order valence-electron chi connectivity index (χ4n) is 2.31. The zero-order chi connectivity index (χ0) is 14.8. The number of benzene rings is 1. The minimum Gasteiger partial charge on any atom is -0.331 e. The second-order valence-corrected chi connectivity index (χ2v) is 5.64. The molecule has 3 heterocycles. The fraction of sp³-hybridized carbons (Fsp3) is 0. The van der Waals surface area contributed by atoms with Crippen LogP contribution >= 0.6 is 11.3 Å². The third-order valence-corrected chi connectivity index (χ3v) is 4.11. The van der Waals surface area contributed by atoms with Crippen LogP contribution in [0.1, 0.15) is 0 Å². The Hall–Kier alpha value is -2.79. The van der Waals surface area contributed by atoms with Crippen LogP contribution in [0.5, 0.6) is 0 Å². The van der Waals surface area contributed by atoms with Crippen molar-refractivity contribution < 1.29 is 0 Å². The summed E-state index contributed by atoms with van der Waals surface area (Å²) in [4.78, 5) is 13.1. The van der Waals surface area contributed by atoms with Crippen LogP contribution in [0.15, 0.2) is 66.4 Å². The van der Waals surface area contributed by atoms with Crippen LogP contribution in [0.25, 0.3) is 22.2 Å². The average molecular weight is 304 g/mol. The van der Waals surface area contributed by atoms with Crippen molar-refractivity contribution in [1.29, 1.82) is 0 Å². The third-order valence-electron chi connectivity index (χ3n) is 3.35. The maximum absolute atomic E-state index is 4.63. The SMILES string of the molecule is c1cncc(-c2csc(Nc3cccc4ncccc34)n2)c1. The monoisotopic (exact) mass is 304 g/mol. The number of nitrogens with one attached hydrogen (secondary N) is 1. The Morgan fingerprint density at radius 3 is 2.82 bits per heavy atom. The molecule has 0 saturated carbocycles. The molecule has 0 aliphatic heterocycles. The highest BCUT2D eigenvalue weighted by Gasteiger charge is 2.07. The van der Waals surface area contributed by atoms with Gasteiger partial charge in [-0.1, -0.05) is 6.07 Å². The molecule has 3 aromatic heterocycles. The lowest BCUT2D eigenvalue weighted by Crippen LogP contribution is -1.91. The minimum atomic E-state index is 0.857. The lowest BCUT2D eigenvalue weighted by atomic mass is 10.2. The van der Waals surface area contributed by atoms with E-state index in [1.54, 1.807) is 23.7 Å². The highest BCUT2D eigenvalue weighted by atomic mass is 32.1. The largest absolute Gasteiger partial charge is 0.331 e. The molecule has 4 nitrogen and oxygen atoms in total. The molecule has 0 aliphatic carbocycles. The maximum Gasteiger partial charge on any atom is 0.187 e. The van der Waals surface area contributed by atoms with Crippen molar-refractivity contribution >= 4 is 33.1 Å². The first-order valence-electron chi connectivity index (χ1n) is 6.87. The Kier molecular flexibility index (Phi) is 3.25. The highest BCUT2D eigenvalue weighted by molar-refractivity contribution is 7.14. The van der Waals surface area contributed by atoms with E-state index >= 15 is 0 Å². The topological polar surface area (TPSA) is 50.7 Å². The van der Waals surface area contributed by atoms with Gasteiger partial charge in [0.1, 0.15) is 0 Å². The number of hydrogen-bond acceptors (Lipinski definition) is 5. The summed E-state index contributed by atoms with van der Waals surface area (Å²) in [6, 6.07) is 14.0. The molecule has 1 N–H and O–H groups in total. The molecule has 22 heavy (non-hydrogen) atoms. The quantitative estimate of drug-likeness (QED) is 0.605. The van der Waals surface area contributed by atoms with Gasteiger partial charge >= 0.3 is 0 Å². The second kappa shape index (κ2) is 5.54. The fourth-order valence-corrected chi connectivity index (χ4v) is 3.04. The van der Waals surface area contributed by atoms with Gasteiger partial charge in [0.25, 0.3) is 0 Å². The maximum atomic E-state index is 4.63. The lowest BCUT2D eigenvalue weighted by molar-refractivity contribution is 1.30. The van der Waals surface area contributed by atoms with Gasteiger partial charge in [-0.2, -0.15) is 0 Å². The Bertz CT molecular complexity index is 913. The summed E-state index contributed by atoms with van der Waals surface area (Å²) >= 11 is 1.58. The molecule has 0 atom stereocenters. The van der Waals surface area contributed by atoms with Gasteiger partial charge in [0.05, 0.1) is 11.2 Å². The van der Waals surface area contributed by atoms with Crippen molar-refractivity contribution in [2.45, 2.75) is 0 Å². The van der Waals surface area contributed by atoms with Gasteiger partial charge in [0.2, 0.25) is 0 Å². The van der Waals surface area contributed by atoms with Gasteiger partial charge in [-0.15, -0.1) is 11.3 Å². The Balaban J connectivity index is 1.68. The van der Waals surface area contributed by atoms with E-state index < -0.39 is 0 Å². The zero-order valence-corrected chi connectivity index (χ0v) is 12.4. The smallest absolute Gasteiger partial charge is 0.187 e. The van der Waals surface area contributed by atoms with Crippen LogP contribution in [0.2, 0.25) is 0 Å². The van der Waals surface area contributed by atoms with Crippen LogP contribution < -0.4 is 5.32 Å². The second-order valence-electron chi connectivity index (χ2n) is 4.78. The number of anilines is 2. The van der Waals surface area contributed by atoms with E-state index in [9.17, 15) is 0 Å². The molecule has 4 aromatic rings. The molecule has 0 radical (unpaired) electrons. The van der Waals surface area contributed by atoms with Crippen molar-refractivity contribution in [2.75, 3.05) is 5.32 Å².